The van der Waals surface area contributed by atoms with Gasteiger partial charge in [-0.3, -0.25) is 20.2 Å². The van der Waals surface area contributed by atoms with Gasteiger partial charge in [0.1, 0.15) is 18.4 Å². The molecule has 1 aromatic heterocycles. The van der Waals surface area contributed by atoms with Crippen molar-refractivity contribution in [2.24, 2.45) is 5.16 Å². The number of oxime groups is 1. The lowest BCUT2D eigenvalue weighted by molar-refractivity contribution is 0.0272. The number of pyridine rings is 1. The Morgan fingerprint density at radius 3 is 2.30 bits per heavy atom. The van der Waals surface area contributed by atoms with Crippen molar-refractivity contribution in [1.29, 1.82) is 0 Å². The molecule has 0 saturated carbocycles. The topological polar surface area (TPSA) is 198 Å². The number of nitrogens with one attached hydrogen (secondary N) is 2. The molecule has 0 aliphatic carbocycles. The number of methoxy groups -OCH3 is 2. The van der Waals surface area contributed by atoms with Crippen LogP contribution in [0.1, 0.15) is 59.2 Å². The molecule has 64 heavy (non-hydrogen) atoms. The van der Waals surface area contributed by atoms with Crippen LogP contribution >= 0.6 is 21.6 Å². The largest absolute Gasteiger partial charge is 0.493 e. The average Bonchev–Trinajstić information content (AvgIpc) is 4.07. The molecule has 19 heteroatoms. The fourth-order valence-electron chi connectivity index (χ4n) is 7.46. The van der Waals surface area contributed by atoms with Gasteiger partial charge >= 0.3 is 6.09 Å². The molecular formula is C45H57N7O10S2. The molecule has 0 bridgehead atoms. The van der Waals surface area contributed by atoms with E-state index >= 15 is 0 Å². The highest BCUT2D eigenvalue weighted by Crippen LogP contribution is 2.38. The first kappa shape index (κ1) is 47.8. The number of nitrogens with two attached hydrogens (primary N) is 1. The maximum atomic E-state index is 14.1. The molecule has 0 spiro atoms. The van der Waals surface area contributed by atoms with E-state index in [4.69, 9.17) is 39.0 Å². The van der Waals surface area contributed by atoms with Crippen molar-refractivity contribution >= 4 is 57.1 Å². The minimum absolute atomic E-state index is 0.172. The van der Waals surface area contributed by atoms with Crippen LogP contribution in [0.5, 0.6) is 23.0 Å². The van der Waals surface area contributed by atoms with Crippen LogP contribution < -0.4 is 35.3 Å². The first-order valence-corrected chi connectivity index (χ1v) is 23.4. The predicted octanol–water partition coefficient (Wildman–Crippen LogP) is 6.81. The zero-order chi connectivity index (χ0) is 45.4. The summed E-state index contributed by atoms with van der Waals surface area (Å²) < 4.78 is 34.9. The van der Waals surface area contributed by atoms with Gasteiger partial charge in [-0.25, -0.2) is 9.78 Å². The van der Waals surface area contributed by atoms with Crippen molar-refractivity contribution in [3.63, 3.8) is 0 Å². The molecular weight excluding hydrogens is 863 g/mol. The maximum absolute atomic E-state index is 14.1. The Hall–Kier alpha value is -5.63. The maximum Gasteiger partial charge on any atom is 0.411 e. The lowest BCUT2D eigenvalue weighted by Crippen LogP contribution is -2.47. The number of likely N-dealkylation sites (tertiary alicyclic amines) is 2. The van der Waals surface area contributed by atoms with Crippen molar-refractivity contribution in [2.45, 2.75) is 61.9 Å². The molecule has 3 aliphatic rings. The number of nitrogens with zero attached hydrogens (tertiary/aromatic N) is 4. The molecule has 3 atom stereocenters. The van der Waals surface area contributed by atoms with Gasteiger partial charge in [0.05, 0.1) is 75.8 Å². The summed E-state index contributed by atoms with van der Waals surface area (Å²) in [5.41, 5.74) is 9.23. The molecule has 4 heterocycles. The predicted molar refractivity (Wildman–Crippen MR) is 248 cm³/mol. The van der Waals surface area contributed by atoms with Gasteiger partial charge in [-0.2, -0.15) is 0 Å². The standard InChI is InChI=1S/C45H57N7O10S2/c1-29-20-31(26-49-58-5)51(27-29)44(54)33-23-38(57-4)40(25-35(33)50-45(55)62-17-11-19-63-64-41-12-7-8-13-47-41)60-16-10-6-9-15-59-39-24-34(46)32(22-37(39)56-3)43(53)52-28-30(2)21-36(52)42-48-14-18-61-42/h7-8,12-13,22-26,31,36,42,48H,1-2,6,9-11,14-21,27-28,46H2,3-5H3,(H,50,55)/b49-26+/t31-,36-,42?/m0/s1. The smallest absolute Gasteiger partial charge is 0.411 e. The summed E-state index contributed by atoms with van der Waals surface area (Å²) in [5, 5.41) is 10.9. The molecule has 4 N–H and O–H groups in total. The van der Waals surface area contributed by atoms with E-state index in [1.807, 2.05) is 18.2 Å². The Kier molecular flexibility index (Phi) is 17.9. The third kappa shape index (κ3) is 12.8. The molecule has 344 valence electrons. The van der Waals surface area contributed by atoms with Gasteiger partial charge in [-0.05, 0) is 73.6 Å². The summed E-state index contributed by atoms with van der Waals surface area (Å²) in [6, 6.07) is 11.5. The highest BCUT2D eigenvalue weighted by Gasteiger charge is 2.39. The zero-order valence-electron chi connectivity index (χ0n) is 36.5. The minimum Gasteiger partial charge on any atom is -0.493 e. The van der Waals surface area contributed by atoms with E-state index in [1.54, 1.807) is 68.1 Å². The highest BCUT2D eigenvalue weighted by molar-refractivity contribution is 8.76. The van der Waals surface area contributed by atoms with Crippen molar-refractivity contribution in [3.8, 4) is 23.0 Å². The van der Waals surface area contributed by atoms with Gasteiger partial charge < -0.3 is 48.8 Å². The van der Waals surface area contributed by atoms with Crippen molar-refractivity contribution in [1.82, 2.24) is 20.1 Å². The molecule has 3 saturated heterocycles. The second-order valence-corrected chi connectivity index (χ2v) is 17.6. The van der Waals surface area contributed by atoms with Crippen LogP contribution in [0.2, 0.25) is 0 Å². The van der Waals surface area contributed by atoms with E-state index in [2.05, 4.69) is 33.9 Å². The average molecular weight is 920 g/mol. The Bertz CT molecular complexity index is 2140. The van der Waals surface area contributed by atoms with Crippen LogP contribution in [-0.4, -0.2) is 130 Å². The van der Waals surface area contributed by atoms with Gasteiger partial charge in [0.25, 0.3) is 11.8 Å². The van der Waals surface area contributed by atoms with E-state index < -0.39 is 12.1 Å². The summed E-state index contributed by atoms with van der Waals surface area (Å²) in [7, 11) is 7.61. The second kappa shape index (κ2) is 23.9. The number of aromatic nitrogens is 1. The molecule has 3 fully saturated rings. The minimum atomic E-state index is -0.714. The number of hydrogen-bond acceptors (Lipinski definition) is 16. The van der Waals surface area contributed by atoms with Crippen LogP contribution in [0.3, 0.4) is 0 Å². The molecule has 6 rings (SSSR count). The summed E-state index contributed by atoms with van der Waals surface area (Å²) in [4.78, 5) is 53.5. The number of carbonyl (C=O) groups is 3. The van der Waals surface area contributed by atoms with Crippen LogP contribution in [-0.2, 0) is 14.3 Å². The molecule has 3 amide bonds. The second-order valence-electron chi connectivity index (χ2n) is 15.2. The van der Waals surface area contributed by atoms with Gasteiger partial charge in [-0.1, -0.05) is 46.3 Å². The first-order chi connectivity index (χ1) is 31.1. The highest BCUT2D eigenvalue weighted by atomic mass is 33.1. The fraction of sp³-hybridized carbons (Fsp3) is 0.444. The number of carbonyl (C=O) groups excluding carboxylic acids is 3. The van der Waals surface area contributed by atoms with E-state index in [0.717, 1.165) is 34.9 Å². The Morgan fingerprint density at radius 1 is 0.906 bits per heavy atom. The van der Waals surface area contributed by atoms with Crippen LogP contribution in [0.15, 0.2) is 83.1 Å². The number of ether oxygens (including phenoxy) is 6. The quantitative estimate of drug-likeness (QED) is 0.0237. The summed E-state index contributed by atoms with van der Waals surface area (Å²) in [6.45, 7) is 11.1. The third-order valence-corrected chi connectivity index (χ3v) is 12.9. The summed E-state index contributed by atoms with van der Waals surface area (Å²) in [5.74, 6) is 1.63. The monoisotopic (exact) mass is 919 g/mol. The van der Waals surface area contributed by atoms with Crippen molar-refractivity contribution < 1.29 is 47.6 Å². The van der Waals surface area contributed by atoms with Crippen LogP contribution in [0.25, 0.3) is 0 Å². The molecule has 17 nitrogen and oxygen atoms in total. The molecule has 3 aromatic rings. The van der Waals surface area contributed by atoms with Crippen LogP contribution in [0.4, 0.5) is 16.2 Å². The zero-order valence-corrected chi connectivity index (χ0v) is 38.1. The first-order valence-electron chi connectivity index (χ1n) is 21.1. The molecule has 1 unspecified atom stereocenters. The van der Waals surface area contributed by atoms with E-state index in [-0.39, 0.29) is 47.6 Å². The number of anilines is 2. The van der Waals surface area contributed by atoms with Crippen molar-refractivity contribution in [2.75, 3.05) is 84.2 Å². The lowest BCUT2D eigenvalue weighted by atomic mass is 10.1. The van der Waals surface area contributed by atoms with Gasteiger partial charge in [0.15, 0.2) is 23.0 Å². The lowest BCUT2D eigenvalue weighted by Gasteiger charge is -2.29. The molecule has 2 aromatic carbocycles. The van der Waals surface area contributed by atoms with Gasteiger partial charge in [-0.15, -0.1) is 0 Å². The van der Waals surface area contributed by atoms with E-state index in [9.17, 15) is 14.4 Å². The summed E-state index contributed by atoms with van der Waals surface area (Å²) >= 11 is 0. The summed E-state index contributed by atoms with van der Waals surface area (Å²) in [6.07, 6.45) is 6.18. The number of nitrogen functional groups attached to an aromatic ring is 1. The van der Waals surface area contributed by atoms with E-state index in [0.29, 0.717) is 93.6 Å². The Morgan fingerprint density at radius 2 is 1.61 bits per heavy atom. The van der Waals surface area contributed by atoms with Gasteiger partial charge in [0.2, 0.25) is 0 Å². The normalized spacial score (nSPS) is 18.4. The molecule has 0 radical (unpaired) electrons. The SMILES string of the molecule is C=C1C[C@@H](/C=N/OC)N(C(=O)c2cc(OC)c(OCCCCCOc3cc(N)c(C(=O)N4CC(=C)C[C@H]4C4NCCO4)cc3OC)cc2NC(=O)OCCCSSc2ccccn2)C1. The number of hydrogen-bond donors (Lipinski definition) is 3. The fourth-order valence-corrected chi connectivity index (χ4v) is 9.40. The van der Waals surface area contributed by atoms with Gasteiger partial charge in [0, 0.05) is 49.4 Å². The Balaban J connectivity index is 1.04. The number of benzene rings is 2. The van der Waals surface area contributed by atoms with E-state index in [1.165, 1.54) is 21.3 Å². The van der Waals surface area contributed by atoms with Crippen molar-refractivity contribution in [3.05, 3.63) is 84.1 Å². The van der Waals surface area contributed by atoms with Crippen LogP contribution in [0, 0.1) is 0 Å². The number of amides is 3. The number of unbranched alkanes of at least 4 members (excludes halogenated alkanes) is 2. The Labute approximate surface area is 381 Å². The molecule has 3 aliphatic heterocycles. The third-order valence-electron chi connectivity index (χ3n) is 10.6. The number of rotatable bonds is 22.